The lowest BCUT2D eigenvalue weighted by molar-refractivity contribution is -0.142. The van der Waals surface area contributed by atoms with Gasteiger partial charge in [-0.15, -0.1) is 0 Å². The van der Waals surface area contributed by atoms with Crippen LogP contribution >= 0.6 is 0 Å². The molecule has 1 aromatic rings. The summed E-state index contributed by atoms with van der Waals surface area (Å²) in [4.78, 5) is 22.8. The number of carboxylic acids is 1. The van der Waals surface area contributed by atoms with E-state index in [-0.39, 0.29) is 18.7 Å². The zero-order chi connectivity index (χ0) is 14.3. The molecule has 100 valence electrons. The quantitative estimate of drug-likeness (QED) is 0.807. The van der Waals surface area contributed by atoms with E-state index in [0.717, 1.165) is 5.56 Å². The van der Waals surface area contributed by atoms with Crippen LogP contribution in [0.1, 0.15) is 18.9 Å². The molecule has 2 N–H and O–H groups in total. The van der Waals surface area contributed by atoms with Crippen molar-refractivity contribution in [3.05, 3.63) is 35.9 Å². The number of nitrogens with zero attached hydrogens (tertiary/aromatic N) is 1. The van der Waals surface area contributed by atoms with E-state index in [2.05, 4.69) is 5.32 Å². The minimum Gasteiger partial charge on any atom is -0.480 e. The molecule has 0 spiro atoms. The number of nitrogens with one attached hydrogen (secondary N) is 1. The van der Waals surface area contributed by atoms with Gasteiger partial charge in [0, 0.05) is 5.92 Å². The Labute approximate surface area is 111 Å². The van der Waals surface area contributed by atoms with E-state index in [4.69, 9.17) is 10.4 Å². The van der Waals surface area contributed by atoms with Gasteiger partial charge < -0.3 is 10.4 Å². The number of hydrogen-bond acceptors (Lipinski definition) is 3. The van der Waals surface area contributed by atoms with Gasteiger partial charge >= 0.3 is 5.97 Å². The SMILES string of the molecule is C[C@H](C#N)C[C@@H](NC(=O)Cc1ccccc1)C(=O)O. The Morgan fingerprint density at radius 3 is 2.53 bits per heavy atom. The van der Waals surface area contributed by atoms with Crippen LogP contribution in [0.4, 0.5) is 0 Å². The van der Waals surface area contributed by atoms with Gasteiger partial charge in [-0.3, -0.25) is 4.79 Å². The summed E-state index contributed by atoms with van der Waals surface area (Å²) in [6.45, 7) is 1.62. The summed E-state index contributed by atoms with van der Waals surface area (Å²) in [6, 6.07) is 10.0. The predicted molar refractivity (Wildman–Crippen MR) is 69.1 cm³/mol. The van der Waals surface area contributed by atoms with Crippen molar-refractivity contribution < 1.29 is 14.7 Å². The molecule has 0 aliphatic rings. The predicted octanol–water partition coefficient (Wildman–Crippen LogP) is 1.35. The molecule has 5 nitrogen and oxygen atoms in total. The van der Waals surface area contributed by atoms with Gasteiger partial charge in [0.25, 0.3) is 0 Å². The van der Waals surface area contributed by atoms with E-state index in [1.165, 1.54) is 0 Å². The first-order valence-electron chi connectivity index (χ1n) is 5.98. The molecule has 1 rings (SSSR count). The molecule has 0 saturated carbocycles. The number of benzene rings is 1. The molecule has 0 aliphatic carbocycles. The molecule has 0 heterocycles. The monoisotopic (exact) mass is 260 g/mol. The summed E-state index contributed by atoms with van der Waals surface area (Å²) in [5.74, 6) is -1.90. The van der Waals surface area contributed by atoms with Crippen molar-refractivity contribution in [1.29, 1.82) is 5.26 Å². The van der Waals surface area contributed by atoms with E-state index in [1.54, 1.807) is 19.1 Å². The number of amides is 1. The Bertz CT molecular complexity index is 479. The van der Waals surface area contributed by atoms with Crippen molar-refractivity contribution in [2.75, 3.05) is 0 Å². The van der Waals surface area contributed by atoms with Gasteiger partial charge in [-0.2, -0.15) is 5.26 Å². The van der Waals surface area contributed by atoms with Gasteiger partial charge in [0.1, 0.15) is 6.04 Å². The Morgan fingerprint density at radius 1 is 1.37 bits per heavy atom. The van der Waals surface area contributed by atoms with Crippen molar-refractivity contribution in [2.24, 2.45) is 5.92 Å². The smallest absolute Gasteiger partial charge is 0.326 e. The number of aliphatic carboxylic acids is 1. The van der Waals surface area contributed by atoms with Gasteiger partial charge in [-0.1, -0.05) is 30.3 Å². The topological polar surface area (TPSA) is 90.2 Å². The Balaban J connectivity index is 2.57. The lowest BCUT2D eigenvalue weighted by Gasteiger charge is -2.15. The van der Waals surface area contributed by atoms with Crippen molar-refractivity contribution in [2.45, 2.75) is 25.8 Å². The zero-order valence-corrected chi connectivity index (χ0v) is 10.7. The minimum absolute atomic E-state index is 0.104. The van der Waals surface area contributed by atoms with Crippen LogP contribution in [0.5, 0.6) is 0 Å². The minimum atomic E-state index is -1.12. The van der Waals surface area contributed by atoms with Crippen LogP contribution in [0.15, 0.2) is 30.3 Å². The van der Waals surface area contributed by atoms with Crippen molar-refractivity contribution in [1.82, 2.24) is 5.32 Å². The second-order valence-corrected chi connectivity index (χ2v) is 4.39. The summed E-state index contributed by atoms with van der Waals surface area (Å²) >= 11 is 0. The molecule has 0 unspecified atom stereocenters. The molecule has 0 bridgehead atoms. The van der Waals surface area contributed by atoms with Crippen LogP contribution in [-0.2, 0) is 16.0 Å². The maximum Gasteiger partial charge on any atom is 0.326 e. The maximum atomic E-state index is 11.7. The molecular formula is C14H16N2O3. The molecule has 19 heavy (non-hydrogen) atoms. The van der Waals surface area contributed by atoms with E-state index in [0.29, 0.717) is 0 Å². The Hall–Kier alpha value is -2.35. The highest BCUT2D eigenvalue weighted by Gasteiger charge is 2.22. The fourth-order valence-electron chi connectivity index (χ4n) is 1.65. The summed E-state index contributed by atoms with van der Waals surface area (Å²) in [7, 11) is 0. The largest absolute Gasteiger partial charge is 0.480 e. The fourth-order valence-corrected chi connectivity index (χ4v) is 1.65. The van der Waals surface area contributed by atoms with Crippen LogP contribution < -0.4 is 5.32 Å². The molecule has 0 radical (unpaired) electrons. The van der Waals surface area contributed by atoms with Gasteiger partial charge in [-0.05, 0) is 18.9 Å². The van der Waals surface area contributed by atoms with Crippen molar-refractivity contribution in [3.8, 4) is 6.07 Å². The summed E-state index contributed by atoms with van der Waals surface area (Å²) in [6.07, 6.45) is 0.234. The maximum absolute atomic E-state index is 11.7. The second-order valence-electron chi connectivity index (χ2n) is 4.39. The summed E-state index contributed by atoms with van der Waals surface area (Å²) < 4.78 is 0. The van der Waals surface area contributed by atoms with E-state index in [9.17, 15) is 9.59 Å². The van der Waals surface area contributed by atoms with Gasteiger partial charge in [0.2, 0.25) is 5.91 Å². The highest BCUT2D eigenvalue weighted by atomic mass is 16.4. The Morgan fingerprint density at radius 2 is 2.00 bits per heavy atom. The third-order valence-electron chi connectivity index (χ3n) is 2.65. The average Bonchev–Trinajstić information content (AvgIpc) is 2.38. The standard InChI is InChI=1S/C14H16N2O3/c1-10(9-15)7-12(14(18)19)16-13(17)8-11-5-3-2-4-6-11/h2-6,10,12H,7-8H2,1H3,(H,16,17)(H,18,19)/t10-,12+/m0/s1. The normalized spacial score (nSPS) is 13.1. The molecule has 5 heteroatoms. The molecule has 1 aromatic carbocycles. The number of rotatable bonds is 6. The summed E-state index contributed by atoms with van der Waals surface area (Å²) in [5, 5.41) is 20.1. The van der Waals surface area contributed by atoms with E-state index >= 15 is 0 Å². The first-order chi connectivity index (χ1) is 9.02. The number of nitriles is 1. The Kier molecular flexibility index (Phi) is 5.55. The molecule has 0 saturated heterocycles. The summed E-state index contributed by atoms with van der Waals surface area (Å²) in [5.41, 5.74) is 0.817. The second kappa shape index (κ2) is 7.17. The number of carboxylic acid groups (broad SMARTS) is 1. The number of carbonyl (C=O) groups is 2. The lowest BCUT2D eigenvalue weighted by Crippen LogP contribution is -2.42. The molecule has 0 aromatic heterocycles. The van der Waals surface area contributed by atoms with Crippen LogP contribution in [0.25, 0.3) is 0 Å². The van der Waals surface area contributed by atoms with Gasteiger partial charge in [-0.25, -0.2) is 4.79 Å². The molecule has 0 fully saturated rings. The van der Waals surface area contributed by atoms with Crippen LogP contribution in [0.3, 0.4) is 0 Å². The molecule has 0 aliphatic heterocycles. The first kappa shape index (κ1) is 14.7. The molecule has 2 atom stereocenters. The van der Waals surface area contributed by atoms with E-state index in [1.807, 2.05) is 24.3 Å². The van der Waals surface area contributed by atoms with Crippen LogP contribution in [0.2, 0.25) is 0 Å². The number of carbonyl (C=O) groups excluding carboxylic acids is 1. The van der Waals surface area contributed by atoms with Gasteiger partial charge in [0.15, 0.2) is 0 Å². The molecule has 1 amide bonds. The van der Waals surface area contributed by atoms with Crippen molar-refractivity contribution in [3.63, 3.8) is 0 Å². The fraction of sp³-hybridized carbons (Fsp3) is 0.357. The number of hydrogen-bond donors (Lipinski definition) is 2. The third kappa shape index (κ3) is 5.21. The highest BCUT2D eigenvalue weighted by Crippen LogP contribution is 2.06. The van der Waals surface area contributed by atoms with Gasteiger partial charge in [0.05, 0.1) is 12.5 Å². The van der Waals surface area contributed by atoms with Crippen LogP contribution in [-0.4, -0.2) is 23.0 Å². The van der Waals surface area contributed by atoms with Crippen LogP contribution in [0, 0.1) is 17.2 Å². The highest BCUT2D eigenvalue weighted by molar-refractivity contribution is 5.84. The lowest BCUT2D eigenvalue weighted by atomic mass is 10.0. The third-order valence-corrected chi connectivity index (χ3v) is 2.65. The average molecular weight is 260 g/mol. The first-order valence-corrected chi connectivity index (χ1v) is 5.98. The molecular weight excluding hydrogens is 244 g/mol. The van der Waals surface area contributed by atoms with Crippen molar-refractivity contribution >= 4 is 11.9 Å². The zero-order valence-electron chi connectivity index (χ0n) is 10.7. The van der Waals surface area contributed by atoms with E-state index < -0.39 is 17.9 Å².